The van der Waals surface area contributed by atoms with Crippen LogP contribution >= 0.6 is 0 Å². The van der Waals surface area contributed by atoms with E-state index in [1.165, 1.54) is 19.2 Å². The van der Waals surface area contributed by atoms with Gasteiger partial charge in [-0.1, -0.05) is 5.11 Å². The van der Waals surface area contributed by atoms with Crippen LogP contribution in [0.15, 0.2) is 23.3 Å². The minimum absolute atomic E-state index is 0.0651. The summed E-state index contributed by atoms with van der Waals surface area (Å²) in [6.07, 6.45) is 0. The Morgan fingerprint density at radius 2 is 2.40 bits per heavy atom. The van der Waals surface area contributed by atoms with Gasteiger partial charge in [0.15, 0.2) is 17.3 Å². The molecule has 0 fully saturated rings. The molecule has 0 spiro atoms. The van der Waals surface area contributed by atoms with E-state index in [0.29, 0.717) is 0 Å². The molecular weight excluding hydrogens is 201 g/mol. The number of Topliss-reactive ketones (excluding diaryl/α,β-unsaturated/α-hetero) is 1. The molecule has 0 radical (unpaired) electrons. The summed E-state index contributed by atoms with van der Waals surface area (Å²) in [5, 5.41) is 3.10. The maximum absolute atomic E-state index is 13.2. The first-order valence-corrected chi connectivity index (χ1v) is 4.06. The lowest BCUT2D eigenvalue weighted by atomic mass is 10.1. The number of ketones is 1. The molecule has 0 aliphatic rings. The molecule has 0 amide bonds. The van der Waals surface area contributed by atoms with Crippen LogP contribution < -0.4 is 4.74 Å². The summed E-state index contributed by atoms with van der Waals surface area (Å²) in [5.41, 5.74) is 8.16. The third kappa shape index (κ3) is 2.69. The molecule has 1 rings (SSSR count). The fourth-order valence-electron chi connectivity index (χ4n) is 1.03. The highest BCUT2D eigenvalue weighted by Crippen LogP contribution is 2.17. The number of benzene rings is 1. The van der Waals surface area contributed by atoms with Crippen molar-refractivity contribution in [1.82, 2.24) is 0 Å². The molecule has 0 unspecified atom stereocenters. The van der Waals surface area contributed by atoms with Crippen LogP contribution in [0, 0.1) is 5.82 Å². The van der Waals surface area contributed by atoms with Crippen molar-refractivity contribution in [2.24, 2.45) is 5.11 Å². The van der Waals surface area contributed by atoms with Crippen LogP contribution in [0.5, 0.6) is 5.75 Å². The predicted molar refractivity (Wildman–Crippen MR) is 51.3 cm³/mol. The van der Waals surface area contributed by atoms with Gasteiger partial charge < -0.3 is 4.74 Å². The Hall–Kier alpha value is -2.07. The zero-order valence-corrected chi connectivity index (χ0v) is 7.98. The molecule has 6 heteroatoms. The molecule has 0 atom stereocenters. The summed E-state index contributed by atoms with van der Waals surface area (Å²) >= 11 is 0. The summed E-state index contributed by atoms with van der Waals surface area (Å²) in [7, 11) is 1.33. The quantitative estimate of drug-likeness (QED) is 0.330. The summed E-state index contributed by atoms with van der Waals surface area (Å²) < 4.78 is 17.8. The molecule has 78 valence electrons. The maximum atomic E-state index is 13.2. The third-order valence-corrected chi connectivity index (χ3v) is 1.75. The highest BCUT2D eigenvalue weighted by molar-refractivity contribution is 5.97. The zero-order chi connectivity index (χ0) is 11.3. The van der Waals surface area contributed by atoms with Gasteiger partial charge in [0.1, 0.15) is 0 Å². The van der Waals surface area contributed by atoms with Crippen LogP contribution in [0.4, 0.5) is 4.39 Å². The van der Waals surface area contributed by atoms with Gasteiger partial charge in [-0.15, -0.1) is 0 Å². The van der Waals surface area contributed by atoms with Crippen LogP contribution in [0.3, 0.4) is 0 Å². The first kappa shape index (κ1) is 11.0. The first-order valence-electron chi connectivity index (χ1n) is 4.06. The fourth-order valence-corrected chi connectivity index (χ4v) is 1.03. The molecule has 0 aromatic heterocycles. The number of methoxy groups -OCH3 is 1. The molecule has 0 saturated heterocycles. The van der Waals surface area contributed by atoms with E-state index in [4.69, 9.17) is 10.3 Å². The average molecular weight is 209 g/mol. The summed E-state index contributed by atoms with van der Waals surface area (Å²) in [6, 6.07) is 3.81. The topological polar surface area (TPSA) is 75.1 Å². The molecule has 0 aliphatic heterocycles. The Morgan fingerprint density at radius 3 is 2.93 bits per heavy atom. The van der Waals surface area contributed by atoms with E-state index in [9.17, 15) is 9.18 Å². The molecule has 5 nitrogen and oxygen atoms in total. The van der Waals surface area contributed by atoms with Crippen molar-refractivity contribution in [3.63, 3.8) is 0 Å². The highest BCUT2D eigenvalue weighted by atomic mass is 19.1. The van der Waals surface area contributed by atoms with E-state index in [0.717, 1.165) is 6.07 Å². The molecule has 0 aliphatic carbocycles. The fraction of sp³-hybridized carbons (Fsp3) is 0.222. The highest BCUT2D eigenvalue weighted by Gasteiger charge is 2.08. The number of carbonyl (C=O) groups is 1. The van der Waals surface area contributed by atoms with Crippen LogP contribution in [0.2, 0.25) is 0 Å². The van der Waals surface area contributed by atoms with E-state index < -0.39 is 11.6 Å². The summed E-state index contributed by atoms with van der Waals surface area (Å²) in [5.74, 6) is -0.992. The first-order chi connectivity index (χ1) is 7.19. The number of halogens is 1. The van der Waals surface area contributed by atoms with E-state index in [1.54, 1.807) is 0 Å². The lowest BCUT2D eigenvalue weighted by molar-refractivity contribution is 0.100. The number of carbonyl (C=O) groups excluding carboxylic acids is 1. The monoisotopic (exact) mass is 209 g/mol. The third-order valence-electron chi connectivity index (χ3n) is 1.75. The van der Waals surface area contributed by atoms with Crippen molar-refractivity contribution in [3.8, 4) is 5.75 Å². The number of hydrogen-bond donors (Lipinski definition) is 0. The van der Waals surface area contributed by atoms with Gasteiger partial charge in [-0.3, -0.25) is 4.79 Å². The molecule has 0 heterocycles. The second kappa shape index (κ2) is 4.97. The number of nitrogens with zero attached hydrogens (tertiary/aromatic N) is 3. The van der Waals surface area contributed by atoms with Gasteiger partial charge in [0.05, 0.1) is 13.7 Å². The van der Waals surface area contributed by atoms with Crippen molar-refractivity contribution in [1.29, 1.82) is 0 Å². The molecule has 1 aromatic rings. The van der Waals surface area contributed by atoms with Crippen molar-refractivity contribution in [3.05, 3.63) is 40.0 Å². The number of azide groups is 1. The SMILES string of the molecule is COc1ccc(C(=O)CN=[N+]=[N-])cc1F. The van der Waals surface area contributed by atoms with Crippen molar-refractivity contribution in [2.45, 2.75) is 0 Å². The minimum Gasteiger partial charge on any atom is -0.494 e. The second-order valence-electron chi connectivity index (χ2n) is 2.66. The zero-order valence-electron chi connectivity index (χ0n) is 7.98. The van der Waals surface area contributed by atoms with Crippen molar-refractivity contribution in [2.75, 3.05) is 13.7 Å². The van der Waals surface area contributed by atoms with Gasteiger partial charge in [0.25, 0.3) is 0 Å². The van der Waals surface area contributed by atoms with Crippen LogP contribution in [0.25, 0.3) is 10.4 Å². The molecular formula is C9H8FN3O2. The number of ether oxygens (including phenoxy) is 1. The molecule has 0 bridgehead atoms. The second-order valence-corrected chi connectivity index (χ2v) is 2.66. The maximum Gasteiger partial charge on any atom is 0.168 e. The van der Waals surface area contributed by atoms with Crippen LogP contribution in [-0.4, -0.2) is 19.4 Å². The van der Waals surface area contributed by atoms with Crippen LogP contribution in [0.1, 0.15) is 10.4 Å². The number of rotatable bonds is 4. The Morgan fingerprint density at radius 1 is 1.67 bits per heavy atom. The average Bonchev–Trinajstić information content (AvgIpc) is 2.25. The van der Waals surface area contributed by atoms with Gasteiger partial charge in [-0.25, -0.2) is 4.39 Å². The Balaban J connectivity index is 2.91. The van der Waals surface area contributed by atoms with E-state index >= 15 is 0 Å². The largest absolute Gasteiger partial charge is 0.494 e. The van der Waals surface area contributed by atoms with Gasteiger partial charge >= 0.3 is 0 Å². The van der Waals surface area contributed by atoms with Gasteiger partial charge in [0.2, 0.25) is 0 Å². The number of hydrogen-bond acceptors (Lipinski definition) is 3. The van der Waals surface area contributed by atoms with E-state index in [1.807, 2.05) is 0 Å². The normalized spacial score (nSPS) is 9.20. The lowest BCUT2D eigenvalue weighted by Crippen LogP contribution is -2.03. The van der Waals surface area contributed by atoms with Crippen LogP contribution in [-0.2, 0) is 0 Å². The van der Waals surface area contributed by atoms with Gasteiger partial charge in [-0.2, -0.15) is 0 Å². The molecule has 0 N–H and O–H groups in total. The molecule has 1 aromatic carbocycles. The predicted octanol–water partition coefficient (Wildman–Crippen LogP) is 2.33. The Labute approximate surface area is 85.1 Å². The van der Waals surface area contributed by atoms with Crippen molar-refractivity contribution >= 4 is 5.78 Å². The summed E-state index contributed by atoms with van der Waals surface area (Å²) in [4.78, 5) is 13.7. The Kier molecular flexibility index (Phi) is 3.65. The van der Waals surface area contributed by atoms with E-state index in [2.05, 4.69) is 10.0 Å². The van der Waals surface area contributed by atoms with E-state index in [-0.39, 0.29) is 17.9 Å². The summed E-state index contributed by atoms with van der Waals surface area (Å²) in [6.45, 7) is -0.317. The lowest BCUT2D eigenvalue weighted by Gasteiger charge is -2.02. The Bertz CT molecular complexity index is 427. The molecule has 0 saturated carbocycles. The standard InChI is InChI=1S/C9H8FN3O2/c1-15-9-3-2-6(4-7(9)10)8(14)5-12-13-11/h2-4H,5H2,1H3. The van der Waals surface area contributed by atoms with Gasteiger partial charge in [-0.05, 0) is 23.7 Å². The smallest absolute Gasteiger partial charge is 0.168 e. The van der Waals surface area contributed by atoms with Gasteiger partial charge in [0, 0.05) is 10.5 Å². The minimum atomic E-state index is -0.621. The van der Waals surface area contributed by atoms with Crippen molar-refractivity contribution < 1.29 is 13.9 Å². The molecule has 15 heavy (non-hydrogen) atoms.